The van der Waals surface area contributed by atoms with Crippen LogP contribution in [0.1, 0.15) is 23.9 Å². The number of pyridine rings is 1. The lowest BCUT2D eigenvalue weighted by atomic mass is 10.2. The second-order valence-corrected chi connectivity index (χ2v) is 4.91. The van der Waals surface area contributed by atoms with E-state index in [-0.39, 0.29) is 0 Å². The van der Waals surface area contributed by atoms with Gasteiger partial charge in [0.2, 0.25) is 5.95 Å². The number of aryl methyl sites for hydroxylation is 2. The lowest BCUT2D eigenvalue weighted by molar-refractivity contribution is 0.834. The fourth-order valence-corrected chi connectivity index (χ4v) is 2.13. The van der Waals surface area contributed by atoms with Crippen molar-refractivity contribution in [3.63, 3.8) is 0 Å². The molecule has 0 bridgehead atoms. The number of hydrogen-bond acceptors (Lipinski definition) is 5. The standard InChI is InChI=1S/C15H21N5/c1-5-16-14-6-7-17-15(19-14)20(4)10-13-9-11(2)8-12(3)18-13/h6-9H,5,10H2,1-4H3,(H,16,17,19). The third-order valence-electron chi connectivity index (χ3n) is 2.89. The van der Waals surface area contributed by atoms with Crippen molar-refractivity contribution in [3.8, 4) is 0 Å². The van der Waals surface area contributed by atoms with Crippen LogP contribution in [0.3, 0.4) is 0 Å². The third-order valence-corrected chi connectivity index (χ3v) is 2.89. The zero-order valence-electron chi connectivity index (χ0n) is 12.5. The van der Waals surface area contributed by atoms with Gasteiger partial charge in [0, 0.05) is 25.5 Å². The van der Waals surface area contributed by atoms with Crippen molar-refractivity contribution in [1.82, 2.24) is 15.0 Å². The summed E-state index contributed by atoms with van der Waals surface area (Å²) in [7, 11) is 1.98. The highest BCUT2D eigenvalue weighted by atomic mass is 15.2. The highest BCUT2D eigenvalue weighted by Crippen LogP contribution is 2.13. The van der Waals surface area contributed by atoms with E-state index < -0.39 is 0 Å². The van der Waals surface area contributed by atoms with Crippen LogP contribution in [0.5, 0.6) is 0 Å². The van der Waals surface area contributed by atoms with Crippen molar-refractivity contribution in [2.24, 2.45) is 0 Å². The molecule has 5 nitrogen and oxygen atoms in total. The van der Waals surface area contributed by atoms with Gasteiger partial charge in [-0.15, -0.1) is 0 Å². The molecule has 0 saturated carbocycles. The van der Waals surface area contributed by atoms with Crippen LogP contribution in [-0.4, -0.2) is 28.5 Å². The molecule has 0 aliphatic carbocycles. The largest absolute Gasteiger partial charge is 0.370 e. The minimum Gasteiger partial charge on any atom is -0.370 e. The molecule has 0 radical (unpaired) electrons. The Morgan fingerprint density at radius 2 is 2.00 bits per heavy atom. The van der Waals surface area contributed by atoms with Gasteiger partial charge in [-0.2, -0.15) is 4.98 Å². The first-order valence-corrected chi connectivity index (χ1v) is 6.80. The summed E-state index contributed by atoms with van der Waals surface area (Å²) in [4.78, 5) is 15.3. The first-order valence-electron chi connectivity index (χ1n) is 6.80. The topological polar surface area (TPSA) is 53.9 Å². The quantitative estimate of drug-likeness (QED) is 0.905. The molecule has 0 spiro atoms. The van der Waals surface area contributed by atoms with Gasteiger partial charge in [-0.3, -0.25) is 4.98 Å². The predicted octanol–water partition coefficient (Wildman–Crippen LogP) is 2.56. The molecule has 2 aromatic rings. The SMILES string of the molecule is CCNc1ccnc(N(C)Cc2cc(C)cc(C)n2)n1. The van der Waals surface area contributed by atoms with E-state index in [0.29, 0.717) is 12.5 Å². The van der Waals surface area contributed by atoms with Gasteiger partial charge in [0.25, 0.3) is 0 Å². The molecule has 0 aromatic carbocycles. The Hall–Kier alpha value is -2.17. The predicted molar refractivity (Wildman–Crippen MR) is 82.0 cm³/mol. The normalized spacial score (nSPS) is 10.4. The molecule has 20 heavy (non-hydrogen) atoms. The van der Waals surface area contributed by atoms with Crippen LogP contribution in [0.4, 0.5) is 11.8 Å². The van der Waals surface area contributed by atoms with E-state index in [1.54, 1.807) is 6.20 Å². The summed E-state index contributed by atoms with van der Waals surface area (Å²) in [5, 5.41) is 3.19. The van der Waals surface area contributed by atoms with E-state index in [2.05, 4.69) is 39.3 Å². The van der Waals surface area contributed by atoms with Crippen LogP contribution in [0.15, 0.2) is 24.4 Å². The Labute approximate surface area is 120 Å². The summed E-state index contributed by atoms with van der Waals surface area (Å²) < 4.78 is 0. The van der Waals surface area contributed by atoms with E-state index in [1.807, 2.05) is 31.9 Å². The number of rotatable bonds is 5. The number of anilines is 2. The van der Waals surface area contributed by atoms with Crippen molar-refractivity contribution < 1.29 is 0 Å². The van der Waals surface area contributed by atoms with Crippen LogP contribution in [-0.2, 0) is 6.54 Å². The molecule has 0 atom stereocenters. The zero-order chi connectivity index (χ0) is 14.5. The second kappa shape index (κ2) is 6.32. The van der Waals surface area contributed by atoms with Crippen molar-refractivity contribution in [1.29, 1.82) is 0 Å². The molecular formula is C15H21N5. The molecule has 2 rings (SSSR count). The monoisotopic (exact) mass is 271 g/mol. The van der Waals surface area contributed by atoms with Gasteiger partial charge in [0.05, 0.1) is 12.2 Å². The minimum atomic E-state index is 0.693. The number of nitrogens with zero attached hydrogens (tertiary/aromatic N) is 4. The molecular weight excluding hydrogens is 250 g/mol. The van der Waals surface area contributed by atoms with Gasteiger partial charge in [0.15, 0.2) is 0 Å². The van der Waals surface area contributed by atoms with Crippen molar-refractivity contribution in [2.45, 2.75) is 27.3 Å². The van der Waals surface area contributed by atoms with Crippen molar-refractivity contribution in [2.75, 3.05) is 23.8 Å². The summed E-state index contributed by atoms with van der Waals surface area (Å²) in [6.45, 7) is 7.68. The zero-order valence-corrected chi connectivity index (χ0v) is 12.5. The van der Waals surface area contributed by atoms with Gasteiger partial charge in [-0.25, -0.2) is 4.98 Å². The van der Waals surface area contributed by atoms with Crippen LogP contribution < -0.4 is 10.2 Å². The fourth-order valence-electron chi connectivity index (χ4n) is 2.13. The molecule has 106 valence electrons. The molecule has 5 heteroatoms. The first kappa shape index (κ1) is 14.2. The van der Waals surface area contributed by atoms with Gasteiger partial charge in [-0.1, -0.05) is 0 Å². The highest BCUT2D eigenvalue weighted by Gasteiger charge is 2.07. The van der Waals surface area contributed by atoms with E-state index >= 15 is 0 Å². The molecule has 0 aliphatic rings. The Morgan fingerprint density at radius 3 is 2.70 bits per heavy atom. The van der Waals surface area contributed by atoms with Crippen molar-refractivity contribution in [3.05, 3.63) is 41.3 Å². The molecule has 0 fully saturated rings. The maximum absolute atomic E-state index is 4.55. The summed E-state index contributed by atoms with van der Waals surface area (Å²) in [5.41, 5.74) is 3.29. The molecule has 1 N–H and O–H groups in total. The molecule has 0 saturated heterocycles. The van der Waals surface area contributed by atoms with E-state index in [9.17, 15) is 0 Å². The van der Waals surface area contributed by atoms with Crippen LogP contribution >= 0.6 is 0 Å². The van der Waals surface area contributed by atoms with E-state index in [0.717, 1.165) is 23.8 Å². The number of hydrogen-bond donors (Lipinski definition) is 1. The number of nitrogens with one attached hydrogen (secondary N) is 1. The Kier molecular flexibility index (Phi) is 4.50. The summed E-state index contributed by atoms with van der Waals surface area (Å²) in [6, 6.07) is 6.04. The lowest BCUT2D eigenvalue weighted by Gasteiger charge is -2.17. The molecule has 0 aliphatic heterocycles. The first-order chi connectivity index (χ1) is 9.58. The molecule has 0 unspecified atom stereocenters. The smallest absolute Gasteiger partial charge is 0.227 e. The minimum absolute atomic E-state index is 0.693. The van der Waals surface area contributed by atoms with Crippen LogP contribution in [0.25, 0.3) is 0 Å². The maximum Gasteiger partial charge on any atom is 0.227 e. The van der Waals surface area contributed by atoms with Gasteiger partial charge >= 0.3 is 0 Å². The summed E-state index contributed by atoms with van der Waals surface area (Å²) in [6.07, 6.45) is 1.77. The lowest BCUT2D eigenvalue weighted by Crippen LogP contribution is -2.20. The Balaban J connectivity index is 2.14. The fraction of sp³-hybridized carbons (Fsp3) is 0.400. The molecule has 2 aromatic heterocycles. The second-order valence-electron chi connectivity index (χ2n) is 4.91. The van der Waals surface area contributed by atoms with E-state index in [1.165, 1.54) is 5.56 Å². The summed E-state index contributed by atoms with van der Waals surface area (Å²) in [5.74, 6) is 1.54. The Bertz CT molecular complexity index is 562. The Morgan fingerprint density at radius 1 is 1.20 bits per heavy atom. The number of aromatic nitrogens is 3. The summed E-state index contributed by atoms with van der Waals surface area (Å²) >= 11 is 0. The van der Waals surface area contributed by atoms with E-state index in [4.69, 9.17) is 0 Å². The molecule has 2 heterocycles. The average Bonchev–Trinajstić information content (AvgIpc) is 2.38. The molecule has 0 amide bonds. The van der Waals surface area contributed by atoms with Crippen molar-refractivity contribution >= 4 is 11.8 Å². The van der Waals surface area contributed by atoms with Gasteiger partial charge < -0.3 is 10.2 Å². The van der Waals surface area contributed by atoms with Gasteiger partial charge in [0.1, 0.15) is 5.82 Å². The van der Waals surface area contributed by atoms with Crippen LogP contribution in [0, 0.1) is 13.8 Å². The highest BCUT2D eigenvalue weighted by molar-refractivity contribution is 5.41. The van der Waals surface area contributed by atoms with Gasteiger partial charge in [-0.05, 0) is 44.5 Å². The maximum atomic E-state index is 4.55. The average molecular weight is 271 g/mol. The van der Waals surface area contributed by atoms with Crippen LogP contribution in [0.2, 0.25) is 0 Å². The third kappa shape index (κ3) is 3.66.